The van der Waals surface area contributed by atoms with E-state index >= 15 is 0 Å². The number of thioether (sulfide) groups is 1. The molecular weight excluding hydrogens is 392 g/mol. The topological polar surface area (TPSA) is 66.5 Å². The molecule has 1 atom stereocenters. The molecule has 0 aromatic heterocycles. The molecule has 2 aromatic rings. The summed E-state index contributed by atoms with van der Waals surface area (Å²) in [6.45, 7) is 2.14. The first kappa shape index (κ1) is 19.5. The number of rotatable bonds is 3. The second kappa shape index (κ2) is 7.89. The summed E-state index contributed by atoms with van der Waals surface area (Å²) in [7, 11) is -3.69. The Bertz CT molecular complexity index is 1000. The Balaban J connectivity index is 1.67. The Kier molecular flexibility index (Phi) is 5.49. The third-order valence-electron chi connectivity index (χ3n) is 5.36. The van der Waals surface area contributed by atoms with E-state index in [1.807, 2.05) is 24.3 Å². The minimum absolute atomic E-state index is 0.0625. The van der Waals surface area contributed by atoms with Crippen LogP contribution < -0.4 is 9.62 Å². The molecular formula is C21H24N2O3S2. The van der Waals surface area contributed by atoms with Crippen molar-refractivity contribution >= 4 is 33.4 Å². The van der Waals surface area contributed by atoms with E-state index < -0.39 is 10.0 Å². The summed E-state index contributed by atoms with van der Waals surface area (Å²) in [5, 5.41) is 0. The number of aryl methyl sites for hydroxylation is 1. The van der Waals surface area contributed by atoms with Crippen LogP contribution in [0.5, 0.6) is 0 Å². The average molecular weight is 417 g/mol. The highest BCUT2D eigenvalue weighted by atomic mass is 32.2. The molecule has 0 saturated carbocycles. The molecule has 2 aliphatic rings. The molecule has 148 valence electrons. The number of hydrogen-bond acceptors (Lipinski definition) is 4. The average Bonchev–Trinajstić information content (AvgIpc) is 2.90. The smallest absolute Gasteiger partial charge is 0.241 e. The molecule has 1 aliphatic carbocycles. The molecule has 5 nitrogen and oxygen atoms in total. The zero-order chi connectivity index (χ0) is 19.7. The van der Waals surface area contributed by atoms with Crippen LogP contribution in [0.25, 0.3) is 0 Å². The lowest BCUT2D eigenvalue weighted by molar-refractivity contribution is -0.116. The molecule has 7 heteroatoms. The predicted octanol–water partition coefficient (Wildman–Crippen LogP) is 3.89. The Morgan fingerprint density at radius 3 is 2.82 bits per heavy atom. The number of benzene rings is 2. The lowest BCUT2D eigenvalue weighted by Gasteiger charge is -2.26. The van der Waals surface area contributed by atoms with Crippen molar-refractivity contribution in [3.05, 3.63) is 53.6 Å². The number of hydrogen-bond donors (Lipinski definition) is 1. The van der Waals surface area contributed by atoms with Gasteiger partial charge in [0.2, 0.25) is 15.9 Å². The molecule has 1 aliphatic heterocycles. The molecule has 1 unspecified atom stereocenters. The first-order valence-corrected chi connectivity index (χ1v) is 12.1. The quantitative estimate of drug-likeness (QED) is 0.824. The van der Waals surface area contributed by atoms with Crippen molar-refractivity contribution in [3.8, 4) is 0 Å². The molecule has 28 heavy (non-hydrogen) atoms. The van der Waals surface area contributed by atoms with Crippen LogP contribution in [-0.2, 0) is 21.2 Å². The highest BCUT2D eigenvalue weighted by Gasteiger charge is 2.27. The van der Waals surface area contributed by atoms with Gasteiger partial charge >= 0.3 is 0 Å². The van der Waals surface area contributed by atoms with Crippen LogP contribution >= 0.6 is 11.8 Å². The summed E-state index contributed by atoms with van der Waals surface area (Å²) in [6.07, 6.45) is 3.62. The maximum atomic E-state index is 13.1. The second-order valence-corrected chi connectivity index (χ2v) is 10.1. The van der Waals surface area contributed by atoms with Gasteiger partial charge in [0.25, 0.3) is 0 Å². The summed E-state index contributed by atoms with van der Waals surface area (Å²) in [4.78, 5) is 14.9. The van der Waals surface area contributed by atoms with Gasteiger partial charge in [-0.3, -0.25) is 4.79 Å². The van der Waals surface area contributed by atoms with Crippen LogP contribution in [-0.4, -0.2) is 26.6 Å². The molecule has 1 N–H and O–H groups in total. The van der Waals surface area contributed by atoms with Crippen molar-refractivity contribution < 1.29 is 13.2 Å². The number of nitrogens with one attached hydrogen (secondary N) is 1. The zero-order valence-corrected chi connectivity index (χ0v) is 17.5. The highest BCUT2D eigenvalue weighted by molar-refractivity contribution is 7.99. The first-order chi connectivity index (χ1) is 13.5. The van der Waals surface area contributed by atoms with Crippen LogP contribution in [0.15, 0.2) is 52.3 Å². The molecule has 0 radical (unpaired) electrons. The van der Waals surface area contributed by atoms with Gasteiger partial charge < -0.3 is 4.90 Å². The van der Waals surface area contributed by atoms with E-state index in [0.29, 0.717) is 12.2 Å². The van der Waals surface area contributed by atoms with E-state index in [0.717, 1.165) is 41.9 Å². The normalized spacial score (nSPS) is 19.5. The summed E-state index contributed by atoms with van der Waals surface area (Å²) in [6, 6.07) is 12.9. The van der Waals surface area contributed by atoms with Crippen molar-refractivity contribution in [2.24, 2.45) is 0 Å². The van der Waals surface area contributed by atoms with Crippen molar-refractivity contribution in [3.63, 3.8) is 0 Å². The summed E-state index contributed by atoms with van der Waals surface area (Å²) in [5.74, 6) is 0.854. The fraction of sp³-hybridized carbons (Fsp3) is 0.381. The fourth-order valence-electron chi connectivity index (χ4n) is 3.98. The lowest BCUT2D eigenvalue weighted by atomic mass is 9.88. The Labute approximate surface area is 170 Å². The largest absolute Gasteiger partial charge is 0.311 e. The third kappa shape index (κ3) is 3.83. The van der Waals surface area contributed by atoms with Gasteiger partial charge in [0.05, 0.1) is 10.6 Å². The van der Waals surface area contributed by atoms with Crippen molar-refractivity contribution in [1.29, 1.82) is 0 Å². The van der Waals surface area contributed by atoms with Gasteiger partial charge in [-0.25, -0.2) is 13.1 Å². The SMILES string of the molecule is CC(=O)N1CCCSc2ccc(S(=O)(=O)NC3CCCc4ccccc43)cc21. The first-order valence-electron chi connectivity index (χ1n) is 9.61. The molecule has 2 aromatic carbocycles. The monoisotopic (exact) mass is 416 g/mol. The van der Waals surface area contributed by atoms with E-state index in [4.69, 9.17) is 0 Å². The molecule has 0 saturated heterocycles. The van der Waals surface area contributed by atoms with Crippen molar-refractivity contribution in [2.75, 3.05) is 17.2 Å². The van der Waals surface area contributed by atoms with Gasteiger partial charge in [0.15, 0.2) is 0 Å². The number of anilines is 1. The van der Waals surface area contributed by atoms with Gasteiger partial charge in [-0.1, -0.05) is 24.3 Å². The Morgan fingerprint density at radius 1 is 1.18 bits per heavy atom. The Morgan fingerprint density at radius 2 is 2.00 bits per heavy atom. The highest BCUT2D eigenvalue weighted by Crippen LogP contribution is 2.36. The lowest BCUT2D eigenvalue weighted by Crippen LogP contribution is -2.32. The van der Waals surface area contributed by atoms with E-state index in [1.165, 1.54) is 12.5 Å². The van der Waals surface area contributed by atoms with Crippen LogP contribution in [0.1, 0.15) is 43.4 Å². The second-order valence-electron chi connectivity index (χ2n) is 7.27. The van der Waals surface area contributed by atoms with Crippen molar-refractivity contribution in [1.82, 2.24) is 4.72 Å². The van der Waals surface area contributed by atoms with Crippen LogP contribution in [0, 0.1) is 0 Å². The number of carbonyl (C=O) groups excluding carboxylic acids is 1. The number of carbonyl (C=O) groups is 1. The number of amides is 1. The Hall–Kier alpha value is -1.83. The van der Waals surface area contributed by atoms with Gasteiger partial charge in [-0.2, -0.15) is 0 Å². The number of nitrogens with zero attached hydrogens (tertiary/aromatic N) is 1. The molecule has 4 rings (SSSR count). The zero-order valence-electron chi connectivity index (χ0n) is 15.8. The van der Waals surface area contributed by atoms with E-state index in [-0.39, 0.29) is 16.8 Å². The molecule has 0 spiro atoms. The van der Waals surface area contributed by atoms with Crippen LogP contribution in [0.3, 0.4) is 0 Å². The summed E-state index contributed by atoms with van der Waals surface area (Å²) < 4.78 is 29.2. The molecule has 0 fully saturated rings. The van der Waals surface area contributed by atoms with E-state index in [1.54, 1.807) is 28.8 Å². The number of sulfonamides is 1. The summed E-state index contributed by atoms with van der Waals surface area (Å²) >= 11 is 1.67. The maximum absolute atomic E-state index is 13.1. The van der Waals surface area contributed by atoms with Gasteiger partial charge in [0.1, 0.15) is 0 Å². The van der Waals surface area contributed by atoms with E-state index in [9.17, 15) is 13.2 Å². The van der Waals surface area contributed by atoms with E-state index in [2.05, 4.69) is 10.8 Å². The van der Waals surface area contributed by atoms with Crippen LogP contribution in [0.2, 0.25) is 0 Å². The van der Waals surface area contributed by atoms with Gasteiger partial charge in [0, 0.05) is 24.4 Å². The third-order valence-corrected chi connectivity index (χ3v) is 7.98. The van der Waals surface area contributed by atoms with Crippen LogP contribution in [0.4, 0.5) is 5.69 Å². The molecule has 0 bridgehead atoms. The van der Waals surface area contributed by atoms with Gasteiger partial charge in [-0.15, -0.1) is 11.8 Å². The van der Waals surface area contributed by atoms with Gasteiger partial charge in [-0.05, 0) is 60.8 Å². The fourth-order valence-corrected chi connectivity index (χ4v) is 6.23. The number of fused-ring (bicyclic) bond motifs is 2. The summed E-state index contributed by atoms with van der Waals surface area (Å²) in [5.41, 5.74) is 2.97. The minimum atomic E-state index is -3.69. The standard InChI is InChI=1S/C21H24N2O3S2/c1-15(24)23-12-5-13-27-21-11-10-17(14-20(21)23)28(25,26)22-19-9-4-7-16-6-2-3-8-18(16)19/h2-3,6,8,10-11,14,19,22H,4-5,7,9,12-13H2,1H3. The maximum Gasteiger partial charge on any atom is 0.241 e. The van der Waals surface area contributed by atoms with Crippen molar-refractivity contribution in [2.45, 2.75) is 48.4 Å². The molecule has 1 amide bonds. The minimum Gasteiger partial charge on any atom is -0.311 e. The molecule has 1 heterocycles. The predicted molar refractivity (Wildman–Crippen MR) is 112 cm³/mol.